The van der Waals surface area contributed by atoms with Gasteiger partial charge in [-0.25, -0.2) is 0 Å². The van der Waals surface area contributed by atoms with E-state index in [-0.39, 0.29) is 11.2 Å². The molecule has 3 nitrogen and oxygen atoms in total. The van der Waals surface area contributed by atoms with Crippen molar-refractivity contribution < 1.29 is 14.4 Å². The largest absolute Gasteiger partial charge is 0.517 e. The van der Waals surface area contributed by atoms with Crippen molar-refractivity contribution in [3.63, 3.8) is 0 Å². The average Bonchev–Trinajstić information content (AvgIpc) is 2.02. The second-order valence-corrected chi connectivity index (χ2v) is 3.97. The van der Waals surface area contributed by atoms with E-state index in [4.69, 9.17) is 14.4 Å². The van der Waals surface area contributed by atoms with Gasteiger partial charge in [0.1, 0.15) is 0 Å². The maximum absolute atomic E-state index is 8.53. The molecular weight excluding hydrogens is 155 g/mol. The highest BCUT2D eigenvalue weighted by atomic mass is 16.7. The van der Waals surface area contributed by atoms with Crippen LogP contribution < -0.4 is 0 Å². The van der Waals surface area contributed by atoms with E-state index in [2.05, 4.69) is 0 Å². The van der Waals surface area contributed by atoms with Gasteiger partial charge in [0, 0.05) is 0 Å². The lowest BCUT2D eigenvalue weighted by Gasteiger charge is -2.32. The summed E-state index contributed by atoms with van der Waals surface area (Å²) in [6, 6.07) is 0. The molecule has 0 spiro atoms. The summed E-state index contributed by atoms with van der Waals surface area (Å²) in [5, 5.41) is 8.53. The van der Waals surface area contributed by atoms with E-state index in [1.807, 2.05) is 27.7 Å². The van der Waals surface area contributed by atoms with Gasteiger partial charge < -0.3 is 14.4 Å². The van der Waals surface area contributed by atoms with Crippen LogP contribution in [0, 0.1) is 0 Å². The van der Waals surface area contributed by atoms with Crippen LogP contribution in [0.15, 0.2) is 12.2 Å². The van der Waals surface area contributed by atoms with E-state index in [0.717, 1.165) is 6.26 Å². The molecule has 0 aromatic carbocycles. The van der Waals surface area contributed by atoms with Gasteiger partial charge in [-0.05, 0) is 33.7 Å². The van der Waals surface area contributed by atoms with Gasteiger partial charge >= 0.3 is 7.12 Å². The van der Waals surface area contributed by atoms with Crippen molar-refractivity contribution in [2.24, 2.45) is 0 Å². The van der Waals surface area contributed by atoms with Gasteiger partial charge in [0.2, 0.25) is 0 Å². The van der Waals surface area contributed by atoms with Crippen LogP contribution in [0.5, 0.6) is 0 Å². The Kier molecular flexibility index (Phi) is 2.23. The summed E-state index contributed by atoms with van der Waals surface area (Å²) < 4.78 is 11.1. The third-order valence-corrected chi connectivity index (χ3v) is 2.51. The molecule has 0 unspecified atom stereocenters. The van der Waals surface area contributed by atoms with E-state index >= 15 is 0 Å². The molecule has 68 valence electrons. The van der Waals surface area contributed by atoms with Gasteiger partial charge in [-0.3, -0.25) is 0 Å². The maximum Gasteiger partial charge on any atom is 0.490 e. The Morgan fingerprint density at radius 3 is 1.83 bits per heavy atom. The van der Waals surface area contributed by atoms with Crippen molar-refractivity contribution in [2.75, 3.05) is 0 Å². The van der Waals surface area contributed by atoms with Gasteiger partial charge in [0.05, 0.1) is 17.5 Å². The molecule has 1 N–H and O–H groups in total. The lowest BCUT2D eigenvalue weighted by Crippen LogP contribution is -2.41. The topological polar surface area (TPSA) is 38.7 Å². The SMILES string of the molecule is CC1(C)OB(/C=C/O)OC1(C)C. The van der Waals surface area contributed by atoms with Crippen LogP contribution in [-0.2, 0) is 9.31 Å². The van der Waals surface area contributed by atoms with Crippen LogP contribution in [0.3, 0.4) is 0 Å². The predicted molar refractivity (Wildman–Crippen MR) is 47.9 cm³/mol. The highest BCUT2D eigenvalue weighted by molar-refractivity contribution is 6.51. The molecule has 4 heteroatoms. The Bertz CT molecular complexity index is 182. The second kappa shape index (κ2) is 2.78. The molecule has 1 rings (SSSR count). The summed E-state index contributed by atoms with van der Waals surface area (Å²) in [5.41, 5.74) is -0.644. The van der Waals surface area contributed by atoms with E-state index in [0.29, 0.717) is 0 Å². The molecule has 1 saturated heterocycles. The van der Waals surface area contributed by atoms with E-state index in [9.17, 15) is 0 Å². The maximum atomic E-state index is 8.53. The number of hydrogen-bond donors (Lipinski definition) is 1. The Labute approximate surface area is 73.5 Å². The van der Waals surface area contributed by atoms with E-state index < -0.39 is 7.12 Å². The highest BCUT2D eigenvalue weighted by Crippen LogP contribution is 2.36. The van der Waals surface area contributed by atoms with Crippen LogP contribution >= 0.6 is 0 Å². The number of rotatable bonds is 1. The van der Waals surface area contributed by atoms with Crippen molar-refractivity contribution in [2.45, 2.75) is 38.9 Å². The minimum Gasteiger partial charge on any atom is -0.517 e. The van der Waals surface area contributed by atoms with Gasteiger partial charge in [-0.2, -0.15) is 0 Å². The summed E-state index contributed by atoms with van der Waals surface area (Å²) in [4.78, 5) is 0. The standard InChI is InChI=1S/C8H15BO3/c1-7(2)8(3,4)12-9(11-7)5-6-10/h5-6,10H,1-4H3/b6-5+. The monoisotopic (exact) mass is 170 g/mol. The molecule has 1 heterocycles. The van der Waals surface area contributed by atoms with Gasteiger partial charge in [-0.15, -0.1) is 0 Å². The zero-order valence-corrected chi connectivity index (χ0v) is 8.00. The zero-order chi connectivity index (χ0) is 9.41. The number of aliphatic hydroxyl groups excluding tert-OH is 1. The fourth-order valence-electron chi connectivity index (χ4n) is 1.04. The van der Waals surface area contributed by atoms with Gasteiger partial charge in [0.25, 0.3) is 0 Å². The van der Waals surface area contributed by atoms with Crippen LogP contribution in [0.4, 0.5) is 0 Å². The molecule has 0 saturated carbocycles. The summed E-state index contributed by atoms with van der Waals surface area (Å²) >= 11 is 0. The Balaban J connectivity index is 2.74. The minimum atomic E-state index is -0.431. The average molecular weight is 170 g/mol. The van der Waals surface area contributed by atoms with Gasteiger partial charge in [0.15, 0.2) is 0 Å². The van der Waals surface area contributed by atoms with Crippen molar-refractivity contribution in [3.8, 4) is 0 Å². The first-order valence-corrected chi connectivity index (χ1v) is 4.05. The number of hydrogen-bond acceptors (Lipinski definition) is 3. The summed E-state index contributed by atoms with van der Waals surface area (Å²) in [5.74, 6) is 1.48. The molecule has 0 bridgehead atoms. The van der Waals surface area contributed by atoms with E-state index in [1.54, 1.807) is 0 Å². The molecule has 0 atom stereocenters. The highest BCUT2D eigenvalue weighted by Gasteiger charge is 2.50. The summed E-state index contributed by atoms with van der Waals surface area (Å²) in [6.07, 6.45) is 0.947. The molecular formula is C8H15BO3. The van der Waals surface area contributed by atoms with Crippen LogP contribution in [0.2, 0.25) is 0 Å². The summed E-state index contributed by atoms with van der Waals surface area (Å²) in [7, 11) is -0.431. The third kappa shape index (κ3) is 1.49. The molecule has 0 aliphatic carbocycles. The third-order valence-electron chi connectivity index (χ3n) is 2.51. The Morgan fingerprint density at radius 2 is 1.50 bits per heavy atom. The minimum absolute atomic E-state index is 0.322. The molecule has 0 aromatic rings. The van der Waals surface area contributed by atoms with Crippen LogP contribution in [-0.4, -0.2) is 23.4 Å². The Morgan fingerprint density at radius 1 is 1.08 bits per heavy atom. The normalized spacial score (nSPS) is 26.8. The molecule has 0 aromatic heterocycles. The molecule has 1 fully saturated rings. The first kappa shape index (κ1) is 9.61. The van der Waals surface area contributed by atoms with Crippen molar-refractivity contribution in [3.05, 3.63) is 12.2 Å². The van der Waals surface area contributed by atoms with Crippen molar-refractivity contribution in [1.82, 2.24) is 0 Å². The first-order valence-electron chi connectivity index (χ1n) is 4.05. The molecule has 0 amide bonds. The fraction of sp³-hybridized carbons (Fsp3) is 0.750. The summed E-state index contributed by atoms with van der Waals surface area (Å²) in [6.45, 7) is 7.88. The van der Waals surface area contributed by atoms with Crippen molar-refractivity contribution >= 4 is 7.12 Å². The number of aliphatic hydroxyl groups is 1. The second-order valence-electron chi connectivity index (χ2n) is 3.97. The quantitative estimate of drug-likeness (QED) is 0.480. The van der Waals surface area contributed by atoms with Crippen LogP contribution in [0.1, 0.15) is 27.7 Å². The Hall–Kier alpha value is -0.475. The van der Waals surface area contributed by atoms with Crippen molar-refractivity contribution in [1.29, 1.82) is 0 Å². The van der Waals surface area contributed by atoms with E-state index in [1.165, 1.54) is 5.98 Å². The predicted octanol–water partition coefficient (Wildman–Crippen LogP) is 1.69. The smallest absolute Gasteiger partial charge is 0.490 e. The van der Waals surface area contributed by atoms with Gasteiger partial charge in [-0.1, -0.05) is 0 Å². The first-order chi connectivity index (χ1) is 5.39. The molecule has 1 aliphatic rings. The zero-order valence-electron chi connectivity index (χ0n) is 8.00. The fourth-order valence-corrected chi connectivity index (χ4v) is 1.04. The lowest BCUT2D eigenvalue weighted by atomic mass is 9.90. The molecule has 12 heavy (non-hydrogen) atoms. The molecule has 1 aliphatic heterocycles. The lowest BCUT2D eigenvalue weighted by molar-refractivity contribution is 0.00578. The van der Waals surface area contributed by atoms with Crippen LogP contribution in [0.25, 0.3) is 0 Å². The molecule has 0 radical (unpaired) electrons.